The molecule has 12 heteroatoms. The van der Waals surface area contributed by atoms with E-state index in [1.807, 2.05) is 0 Å². The first-order valence-corrected chi connectivity index (χ1v) is 6.35. The summed E-state index contributed by atoms with van der Waals surface area (Å²) in [5.41, 5.74) is 0. The molecule has 0 aliphatic rings. The maximum Gasteiger partial charge on any atom is 1.00 e. The summed E-state index contributed by atoms with van der Waals surface area (Å²) >= 11 is 0. The number of phenolic OH excluding ortho intramolecular Hbond substituents is 1. The Morgan fingerprint density at radius 1 is 1.06 bits per heavy atom. The van der Waals surface area contributed by atoms with Gasteiger partial charge >= 0.3 is 37.7 Å². The molecule has 90 valence electrons. The summed E-state index contributed by atoms with van der Waals surface area (Å²) in [4.78, 5) is -2.36. The molecule has 8 nitrogen and oxygen atoms in total. The molecule has 0 saturated carbocycles. The Labute approximate surface area is 127 Å². The van der Waals surface area contributed by atoms with E-state index < -0.39 is 35.8 Å². The van der Waals surface area contributed by atoms with Crippen LogP contribution in [0.4, 0.5) is 0 Å². The van der Waals surface area contributed by atoms with E-state index in [0.717, 1.165) is 6.07 Å². The van der Waals surface area contributed by atoms with Gasteiger partial charge in [0.2, 0.25) is 0 Å². The van der Waals surface area contributed by atoms with Crippen LogP contribution in [0.5, 0.6) is 5.75 Å². The third kappa shape index (κ3) is 4.59. The number of phenols is 1. The molecule has 0 bridgehead atoms. The Morgan fingerprint density at radius 3 is 1.94 bits per heavy atom. The van der Waals surface area contributed by atoms with Crippen LogP contribution in [-0.4, -0.2) is 26.5 Å². The molecular weight excluding hydrogens is 278 g/mol. The number of hydrogen-bond acceptors (Lipinski definition) is 8. The van der Waals surface area contributed by atoms with Crippen LogP contribution in [0.1, 0.15) is 0 Å². The van der Waals surface area contributed by atoms with Crippen LogP contribution in [0.2, 0.25) is 0 Å². The Kier molecular flexibility index (Phi) is 7.85. The van der Waals surface area contributed by atoms with Crippen molar-refractivity contribution >= 4 is 20.2 Å². The zero-order valence-electron chi connectivity index (χ0n) is 9.35. The van der Waals surface area contributed by atoms with Crippen LogP contribution in [0.25, 0.3) is 0 Å². The van der Waals surface area contributed by atoms with Gasteiger partial charge in [0.15, 0.2) is 0 Å². The maximum absolute atomic E-state index is 11.0. The smallest absolute Gasteiger partial charge is 0.744 e. The Bertz CT molecular complexity index is 608. The molecule has 0 heterocycles. The number of benzene rings is 1. The Hall–Kier alpha value is -0.00519. The van der Waals surface area contributed by atoms with Crippen LogP contribution in [0.3, 0.4) is 0 Å². The SMILES string of the molecule is O=S(=O)([O-])c1cc(O)ccc1S(=O)(=O)O[O-].[Li+].[Li+]. The summed E-state index contributed by atoms with van der Waals surface area (Å²) < 4.78 is 56.8. The monoisotopic (exact) mass is 282 g/mol. The minimum Gasteiger partial charge on any atom is -0.744 e. The fraction of sp³-hybridized carbons (Fsp3) is 0. The summed E-state index contributed by atoms with van der Waals surface area (Å²) in [5.74, 6) is -0.640. The average molecular weight is 282 g/mol. The van der Waals surface area contributed by atoms with Crippen LogP contribution in [-0.2, 0) is 24.6 Å². The molecule has 18 heavy (non-hydrogen) atoms. The van der Waals surface area contributed by atoms with E-state index in [1.54, 1.807) is 0 Å². The van der Waals surface area contributed by atoms with Crippen molar-refractivity contribution in [3.8, 4) is 5.75 Å². The van der Waals surface area contributed by atoms with Gasteiger partial charge in [-0.2, -0.15) is 8.42 Å². The van der Waals surface area contributed by atoms with Crippen molar-refractivity contribution in [1.29, 1.82) is 0 Å². The molecular formula is C6H4Li2O8S2. The van der Waals surface area contributed by atoms with Crippen LogP contribution in [0, 0.1) is 0 Å². The largest absolute Gasteiger partial charge is 1.00 e. The second-order valence-electron chi connectivity index (χ2n) is 2.61. The molecule has 0 aromatic heterocycles. The van der Waals surface area contributed by atoms with Crippen molar-refractivity contribution in [2.24, 2.45) is 0 Å². The standard InChI is InChI=1S/C6H6O8S2.2Li/c7-4-1-2-5(16(12,13)14-8)6(3-4)15(9,10)11;;/h1-3,7-8H,(H,9,10,11);;/q;2*+1/p-2. The van der Waals surface area contributed by atoms with Crippen molar-refractivity contribution in [2.45, 2.75) is 9.79 Å². The van der Waals surface area contributed by atoms with Crippen molar-refractivity contribution < 1.29 is 73.8 Å². The molecule has 0 amide bonds. The zero-order chi connectivity index (χ0) is 12.6. The third-order valence-electron chi connectivity index (χ3n) is 1.56. The zero-order valence-corrected chi connectivity index (χ0v) is 11.0. The maximum atomic E-state index is 11.0. The van der Waals surface area contributed by atoms with Gasteiger partial charge in [-0.25, -0.2) is 8.42 Å². The number of rotatable bonds is 3. The summed E-state index contributed by atoms with van der Waals surface area (Å²) in [6.07, 6.45) is 0. The molecule has 0 unspecified atom stereocenters. The Morgan fingerprint density at radius 2 is 1.56 bits per heavy atom. The number of hydrogen-bond donors (Lipinski definition) is 1. The van der Waals surface area contributed by atoms with Gasteiger partial charge in [-0.15, -0.1) is 0 Å². The van der Waals surface area contributed by atoms with Gasteiger partial charge < -0.3 is 19.3 Å². The van der Waals surface area contributed by atoms with E-state index in [0.29, 0.717) is 12.1 Å². The molecule has 0 fully saturated rings. The van der Waals surface area contributed by atoms with E-state index >= 15 is 0 Å². The van der Waals surface area contributed by atoms with Gasteiger partial charge in [0, 0.05) is 0 Å². The van der Waals surface area contributed by atoms with Crippen molar-refractivity contribution in [3.05, 3.63) is 18.2 Å². The van der Waals surface area contributed by atoms with E-state index in [-0.39, 0.29) is 37.7 Å². The Balaban J connectivity index is 0. The fourth-order valence-corrected chi connectivity index (χ4v) is 2.74. The van der Waals surface area contributed by atoms with Crippen LogP contribution in [0.15, 0.2) is 28.0 Å². The van der Waals surface area contributed by atoms with Gasteiger partial charge in [0.25, 0.3) is 10.1 Å². The van der Waals surface area contributed by atoms with E-state index in [4.69, 9.17) is 5.11 Å². The molecule has 1 aromatic carbocycles. The first-order chi connectivity index (χ1) is 7.18. The summed E-state index contributed by atoms with van der Waals surface area (Å²) in [6, 6.07) is 1.78. The minimum atomic E-state index is -5.16. The summed E-state index contributed by atoms with van der Waals surface area (Å²) in [6.45, 7) is 0. The van der Waals surface area contributed by atoms with E-state index in [1.165, 1.54) is 0 Å². The van der Waals surface area contributed by atoms with E-state index in [9.17, 15) is 26.6 Å². The van der Waals surface area contributed by atoms with E-state index in [2.05, 4.69) is 4.33 Å². The average Bonchev–Trinajstić information content (AvgIpc) is 2.16. The fourth-order valence-electron chi connectivity index (χ4n) is 0.935. The predicted octanol–water partition coefficient (Wildman–Crippen LogP) is -7.72. The molecule has 0 atom stereocenters. The first kappa shape index (κ1) is 20.3. The molecule has 0 spiro atoms. The quantitative estimate of drug-likeness (QED) is 0.249. The van der Waals surface area contributed by atoms with Gasteiger partial charge in [-0.3, -0.25) is 0 Å². The molecule has 0 aliphatic heterocycles. The minimum absolute atomic E-state index is 0. The molecule has 1 rings (SSSR count). The molecule has 0 saturated heterocycles. The molecule has 1 aromatic rings. The topological polar surface area (TPSA) is 144 Å². The van der Waals surface area contributed by atoms with Crippen molar-refractivity contribution in [2.75, 3.05) is 0 Å². The normalized spacial score (nSPS) is 11.2. The first-order valence-electron chi connectivity index (χ1n) is 3.54. The third-order valence-corrected chi connectivity index (χ3v) is 3.64. The summed E-state index contributed by atoms with van der Waals surface area (Å²) in [5, 5.41) is 18.8. The second kappa shape index (κ2) is 6.96. The molecule has 1 N–H and O–H groups in total. The summed E-state index contributed by atoms with van der Waals surface area (Å²) in [7, 11) is -10.0. The predicted molar refractivity (Wildman–Crippen MR) is 44.3 cm³/mol. The molecule has 0 radical (unpaired) electrons. The van der Waals surface area contributed by atoms with Gasteiger partial charge in [0.05, 0.1) is 4.90 Å². The van der Waals surface area contributed by atoms with Crippen LogP contribution >= 0.6 is 0 Å². The number of aromatic hydroxyl groups is 1. The van der Waals surface area contributed by atoms with Crippen molar-refractivity contribution in [1.82, 2.24) is 0 Å². The van der Waals surface area contributed by atoms with Gasteiger partial charge in [0.1, 0.15) is 20.8 Å². The molecule has 0 aliphatic carbocycles. The van der Waals surface area contributed by atoms with Gasteiger partial charge in [-0.05, 0) is 18.2 Å². The van der Waals surface area contributed by atoms with Crippen LogP contribution < -0.4 is 43.0 Å². The second-order valence-corrected chi connectivity index (χ2v) is 5.44. The van der Waals surface area contributed by atoms with Gasteiger partial charge in [-0.1, -0.05) is 0 Å². The van der Waals surface area contributed by atoms with Crippen molar-refractivity contribution in [3.63, 3.8) is 0 Å².